The molecule has 0 unspecified atom stereocenters. The first-order valence-electron chi connectivity index (χ1n) is 12.4. The summed E-state index contributed by atoms with van der Waals surface area (Å²) in [6.45, 7) is 5.20. The number of para-hydroxylation sites is 1. The van der Waals surface area contributed by atoms with Gasteiger partial charge in [-0.25, -0.2) is 0 Å². The van der Waals surface area contributed by atoms with Gasteiger partial charge in [0, 0.05) is 18.0 Å². The maximum Gasteiger partial charge on any atom is 0.283 e. The maximum absolute atomic E-state index is 12.7. The van der Waals surface area contributed by atoms with Crippen molar-refractivity contribution in [2.75, 3.05) is 13.2 Å². The van der Waals surface area contributed by atoms with E-state index in [9.17, 15) is 4.79 Å². The van der Waals surface area contributed by atoms with E-state index in [2.05, 4.69) is 35.0 Å². The lowest BCUT2D eigenvalue weighted by atomic mass is 9.98. The van der Waals surface area contributed by atoms with Crippen molar-refractivity contribution in [1.82, 2.24) is 9.99 Å². The molecule has 0 radical (unpaired) electrons. The fourth-order valence-electron chi connectivity index (χ4n) is 3.98. The Hall–Kier alpha value is -4.24. The number of nitrogens with one attached hydrogen (secondary N) is 1. The van der Waals surface area contributed by atoms with Gasteiger partial charge >= 0.3 is 0 Å². The van der Waals surface area contributed by atoms with E-state index in [0.717, 1.165) is 23.3 Å². The predicted molar refractivity (Wildman–Crippen MR) is 151 cm³/mol. The number of aliphatic imine (C=N–C) groups is 1. The molecule has 1 aromatic heterocycles. The van der Waals surface area contributed by atoms with Gasteiger partial charge in [0.2, 0.25) is 5.17 Å². The van der Waals surface area contributed by atoms with Crippen molar-refractivity contribution >= 4 is 39.8 Å². The van der Waals surface area contributed by atoms with E-state index in [-0.39, 0.29) is 11.4 Å². The van der Waals surface area contributed by atoms with Crippen LogP contribution in [-0.4, -0.2) is 45.2 Å². The van der Waals surface area contributed by atoms with Crippen LogP contribution in [0, 0.1) is 5.41 Å². The highest BCUT2D eigenvalue weighted by Crippen LogP contribution is 2.31. The number of rotatable bonds is 9. The smallest absolute Gasteiger partial charge is 0.283 e. The lowest BCUT2D eigenvalue weighted by molar-refractivity contribution is -0.114. The number of aromatic nitrogens is 1. The molecule has 2 aliphatic heterocycles. The molecule has 0 fully saturated rings. The molecule has 0 saturated heterocycles. The number of ether oxygens (including phenoxy) is 2. The summed E-state index contributed by atoms with van der Waals surface area (Å²) in [5.41, 5.74) is 2.94. The number of nitrogens with zero attached hydrogens (tertiary/aromatic N) is 4. The van der Waals surface area contributed by atoms with Gasteiger partial charge in [0.25, 0.3) is 5.91 Å². The van der Waals surface area contributed by atoms with Gasteiger partial charge in [-0.1, -0.05) is 44.2 Å². The maximum atomic E-state index is 12.7. The molecule has 5 rings (SSSR count). The van der Waals surface area contributed by atoms with E-state index in [1.165, 1.54) is 22.3 Å². The van der Waals surface area contributed by atoms with Crippen molar-refractivity contribution in [2.24, 2.45) is 10.1 Å². The number of amides is 1. The van der Waals surface area contributed by atoms with Crippen LogP contribution in [0.15, 0.2) is 88.7 Å². The molecule has 1 N–H and O–H groups in total. The molecule has 3 heterocycles. The van der Waals surface area contributed by atoms with E-state index in [0.29, 0.717) is 35.1 Å². The number of thioether (sulfide) groups is 1. The van der Waals surface area contributed by atoms with Crippen LogP contribution in [0.4, 0.5) is 0 Å². The summed E-state index contributed by atoms with van der Waals surface area (Å²) in [6, 6.07) is 19.1. The Labute approximate surface area is 225 Å². The molecule has 8 nitrogen and oxygen atoms in total. The van der Waals surface area contributed by atoms with Gasteiger partial charge in [0.1, 0.15) is 29.8 Å². The molecule has 3 aromatic rings. The monoisotopic (exact) mass is 525 g/mol. The van der Waals surface area contributed by atoms with Crippen molar-refractivity contribution in [1.29, 1.82) is 5.41 Å². The zero-order chi connectivity index (χ0) is 26.5. The van der Waals surface area contributed by atoms with Crippen LogP contribution in [0.5, 0.6) is 11.5 Å². The van der Waals surface area contributed by atoms with E-state index in [4.69, 9.17) is 14.9 Å². The van der Waals surface area contributed by atoms with Crippen molar-refractivity contribution in [3.8, 4) is 11.5 Å². The molecule has 192 valence electrons. The second-order valence-electron chi connectivity index (χ2n) is 8.78. The number of hydrogen-bond donors (Lipinski definition) is 1. The molecule has 2 aliphatic rings. The summed E-state index contributed by atoms with van der Waals surface area (Å²) in [4.78, 5) is 21.0. The quantitative estimate of drug-likeness (QED) is 0.283. The normalized spacial score (nSPS) is 16.7. The van der Waals surface area contributed by atoms with Crippen LogP contribution in [0.3, 0.4) is 0 Å². The summed E-state index contributed by atoms with van der Waals surface area (Å²) >= 11 is 1.25. The van der Waals surface area contributed by atoms with E-state index < -0.39 is 5.91 Å². The lowest BCUT2D eigenvalue weighted by Gasteiger charge is -2.20. The average molecular weight is 526 g/mol. The number of amidine groups is 2. The molecule has 0 aliphatic carbocycles. The van der Waals surface area contributed by atoms with Crippen LogP contribution >= 0.6 is 11.8 Å². The molecule has 9 heteroatoms. The van der Waals surface area contributed by atoms with Gasteiger partial charge in [-0.05, 0) is 71.6 Å². The summed E-state index contributed by atoms with van der Waals surface area (Å²) in [5, 5.41) is 15.4. The number of hydrogen-bond acceptors (Lipinski definition) is 7. The molecule has 1 amide bonds. The minimum Gasteiger partial charge on any atom is -0.490 e. The van der Waals surface area contributed by atoms with Gasteiger partial charge in [0.05, 0.1) is 5.57 Å². The summed E-state index contributed by atoms with van der Waals surface area (Å²) < 4.78 is 11.8. The minimum atomic E-state index is -0.466. The van der Waals surface area contributed by atoms with Crippen LogP contribution in [0.1, 0.15) is 42.9 Å². The summed E-state index contributed by atoms with van der Waals surface area (Å²) in [6.07, 6.45) is 6.06. The summed E-state index contributed by atoms with van der Waals surface area (Å²) in [5.74, 6) is 1.54. The van der Waals surface area contributed by atoms with Gasteiger partial charge in [0.15, 0.2) is 5.84 Å². The third kappa shape index (κ3) is 5.52. The highest BCUT2D eigenvalue weighted by atomic mass is 32.2. The lowest BCUT2D eigenvalue weighted by Crippen LogP contribution is -2.35. The topological polar surface area (TPSA) is 100 Å². The van der Waals surface area contributed by atoms with Crippen LogP contribution < -0.4 is 9.47 Å². The van der Waals surface area contributed by atoms with Crippen molar-refractivity contribution in [3.05, 3.63) is 95.3 Å². The molecular formula is C29H27N5O3S. The first-order valence-corrected chi connectivity index (χ1v) is 13.2. The zero-order valence-corrected chi connectivity index (χ0v) is 21.9. The third-order valence-corrected chi connectivity index (χ3v) is 7.18. The SMILES string of the molecule is CC[C@@H](C)c1ccccc1OCCOc1ccc(/C=C2/C(=N)N3N=C(c4cccnc4)SC3=NC2=O)cc1. The van der Waals surface area contributed by atoms with Crippen molar-refractivity contribution < 1.29 is 14.3 Å². The minimum absolute atomic E-state index is 0.0125. The Morgan fingerprint density at radius 1 is 1.05 bits per heavy atom. The Kier molecular flexibility index (Phi) is 7.65. The zero-order valence-electron chi connectivity index (χ0n) is 21.1. The largest absolute Gasteiger partial charge is 0.490 e. The van der Waals surface area contributed by atoms with E-state index in [1.54, 1.807) is 18.5 Å². The number of benzene rings is 2. The van der Waals surface area contributed by atoms with E-state index in [1.807, 2.05) is 54.6 Å². The third-order valence-electron chi connectivity index (χ3n) is 6.23. The fraction of sp³-hybridized carbons (Fsp3) is 0.207. The van der Waals surface area contributed by atoms with Crippen molar-refractivity contribution in [3.63, 3.8) is 0 Å². The number of hydrazone groups is 1. The van der Waals surface area contributed by atoms with Gasteiger partial charge in [-0.3, -0.25) is 15.2 Å². The molecule has 2 aromatic carbocycles. The van der Waals surface area contributed by atoms with Crippen LogP contribution in [-0.2, 0) is 4.79 Å². The Morgan fingerprint density at radius 2 is 1.84 bits per heavy atom. The van der Waals surface area contributed by atoms with Gasteiger partial charge in [-0.2, -0.15) is 15.1 Å². The van der Waals surface area contributed by atoms with Crippen molar-refractivity contribution in [2.45, 2.75) is 26.2 Å². The first-order chi connectivity index (χ1) is 18.5. The number of carbonyl (C=O) groups excluding carboxylic acids is 1. The second kappa shape index (κ2) is 11.4. The number of pyridine rings is 1. The molecule has 0 saturated carbocycles. The highest BCUT2D eigenvalue weighted by Gasteiger charge is 2.36. The van der Waals surface area contributed by atoms with Gasteiger partial charge < -0.3 is 9.47 Å². The van der Waals surface area contributed by atoms with E-state index >= 15 is 0 Å². The Morgan fingerprint density at radius 3 is 2.61 bits per heavy atom. The predicted octanol–water partition coefficient (Wildman–Crippen LogP) is 5.72. The molecule has 0 spiro atoms. The van der Waals surface area contributed by atoms with Gasteiger partial charge in [-0.15, -0.1) is 0 Å². The fourth-order valence-corrected chi connectivity index (χ4v) is 4.86. The highest BCUT2D eigenvalue weighted by molar-refractivity contribution is 8.27. The molecule has 0 bridgehead atoms. The standard InChI is InChI=1S/C29H27N5O3S/c1-3-19(2)23-8-4-5-9-25(23)37-16-15-36-22-12-10-20(11-13-22)17-24-26(30)34-29(32-27(24)35)38-28(33-34)21-7-6-14-31-18-21/h4-14,17-19,30H,3,15-16H2,1-2H3/b24-17-,30-26?/t19-/m1/s1. The number of carbonyl (C=O) groups is 1. The van der Waals surface area contributed by atoms with Crippen LogP contribution in [0.2, 0.25) is 0 Å². The average Bonchev–Trinajstić information content (AvgIpc) is 3.38. The molecule has 1 atom stereocenters. The molecule has 38 heavy (non-hydrogen) atoms. The molecular weight excluding hydrogens is 498 g/mol. The van der Waals surface area contributed by atoms with Crippen LogP contribution in [0.25, 0.3) is 6.08 Å². The summed E-state index contributed by atoms with van der Waals surface area (Å²) in [7, 11) is 0. The second-order valence-corrected chi connectivity index (χ2v) is 9.74. The number of fused-ring (bicyclic) bond motifs is 1. The Balaban J connectivity index is 1.20. The first kappa shape index (κ1) is 25.4. The Bertz CT molecular complexity index is 1430.